The fourth-order valence-electron chi connectivity index (χ4n) is 4.83. The predicted octanol–water partition coefficient (Wildman–Crippen LogP) is 6.26. The van der Waals surface area contributed by atoms with Gasteiger partial charge in [-0.2, -0.15) is 0 Å². The van der Waals surface area contributed by atoms with Gasteiger partial charge >= 0.3 is 0 Å². The standard InChI is InChI=1S/C30H30N6OS2/c1-20(2)36-17-15-35(16-18-36)19-25-26(34-28(38-25)21-9-4-3-5-10-21)27(37)32-23-12-7-6-11-22(23)29-33-24-13-8-14-31-30(24)39-29/h3-14,20H,15-19H2,1-2H3,(H,32,37). The third-order valence-electron chi connectivity index (χ3n) is 7.01. The summed E-state index contributed by atoms with van der Waals surface area (Å²) in [5.74, 6) is -0.198. The Labute approximate surface area is 236 Å². The average molecular weight is 555 g/mol. The summed E-state index contributed by atoms with van der Waals surface area (Å²) in [5, 5.41) is 4.85. The van der Waals surface area contributed by atoms with Crippen molar-refractivity contribution in [3.8, 4) is 21.1 Å². The van der Waals surface area contributed by atoms with E-state index in [1.54, 1.807) is 17.5 Å². The summed E-state index contributed by atoms with van der Waals surface area (Å²) in [6.07, 6.45) is 1.77. The highest BCUT2D eigenvalue weighted by Crippen LogP contribution is 2.35. The fourth-order valence-corrected chi connectivity index (χ4v) is 6.88. The lowest BCUT2D eigenvalue weighted by molar-refractivity contribution is 0.0998. The molecule has 1 aliphatic rings. The van der Waals surface area contributed by atoms with Crippen LogP contribution in [0, 0.1) is 0 Å². The maximum absolute atomic E-state index is 13.8. The van der Waals surface area contributed by atoms with Gasteiger partial charge in [0, 0.05) is 56.1 Å². The van der Waals surface area contributed by atoms with Gasteiger partial charge in [0.15, 0.2) is 0 Å². The molecule has 2 aromatic carbocycles. The number of piperazine rings is 1. The number of carbonyl (C=O) groups excluding carboxylic acids is 1. The number of pyridine rings is 1. The molecule has 3 aromatic heterocycles. The van der Waals surface area contributed by atoms with Gasteiger partial charge in [-0.25, -0.2) is 15.0 Å². The SMILES string of the molecule is CC(C)N1CCN(Cc2sc(-c3ccccc3)nc2C(=O)Nc2ccccc2-c2nc3cccnc3s2)CC1. The molecule has 7 nitrogen and oxygen atoms in total. The van der Waals surface area contributed by atoms with Gasteiger partial charge in [-0.05, 0) is 38.1 Å². The smallest absolute Gasteiger partial charge is 0.275 e. The largest absolute Gasteiger partial charge is 0.320 e. The van der Waals surface area contributed by atoms with Crippen LogP contribution in [0.2, 0.25) is 0 Å². The normalized spacial score (nSPS) is 14.7. The van der Waals surface area contributed by atoms with E-state index in [2.05, 4.69) is 33.9 Å². The van der Waals surface area contributed by atoms with Crippen molar-refractivity contribution in [2.24, 2.45) is 0 Å². The molecule has 0 saturated carbocycles. The number of thiazole rings is 2. The molecule has 0 spiro atoms. The first-order valence-corrected chi connectivity index (χ1v) is 14.8. The van der Waals surface area contributed by atoms with Gasteiger partial charge in [-0.15, -0.1) is 11.3 Å². The van der Waals surface area contributed by atoms with E-state index in [4.69, 9.17) is 9.97 Å². The monoisotopic (exact) mass is 554 g/mol. The number of amides is 1. The van der Waals surface area contributed by atoms with Gasteiger partial charge in [0.05, 0.1) is 10.6 Å². The van der Waals surface area contributed by atoms with Gasteiger partial charge in [0.2, 0.25) is 0 Å². The molecule has 0 atom stereocenters. The van der Waals surface area contributed by atoms with E-state index in [9.17, 15) is 4.79 Å². The Balaban J connectivity index is 1.29. The Morgan fingerprint density at radius 2 is 1.67 bits per heavy atom. The summed E-state index contributed by atoms with van der Waals surface area (Å²) < 4.78 is 0. The first kappa shape index (κ1) is 25.8. The van der Waals surface area contributed by atoms with E-state index in [1.165, 1.54) is 11.3 Å². The number of anilines is 1. The van der Waals surface area contributed by atoms with E-state index >= 15 is 0 Å². The molecule has 4 heterocycles. The molecule has 198 valence electrons. The van der Waals surface area contributed by atoms with Crippen LogP contribution in [0.15, 0.2) is 72.9 Å². The van der Waals surface area contributed by atoms with Crippen molar-refractivity contribution < 1.29 is 4.79 Å². The molecule has 5 aromatic rings. The maximum atomic E-state index is 13.8. The number of nitrogens with one attached hydrogen (secondary N) is 1. The van der Waals surface area contributed by atoms with Crippen molar-refractivity contribution in [3.63, 3.8) is 0 Å². The molecule has 9 heteroatoms. The average Bonchev–Trinajstić information content (AvgIpc) is 3.59. The van der Waals surface area contributed by atoms with Crippen molar-refractivity contribution in [2.75, 3.05) is 31.5 Å². The number of carbonyl (C=O) groups is 1. The van der Waals surface area contributed by atoms with Crippen molar-refractivity contribution in [3.05, 3.63) is 83.5 Å². The van der Waals surface area contributed by atoms with Gasteiger partial charge in [0.25, 0.3) is 5.91 Å². The van der Waals surface area contributed by atoms with Crippen LogP contribution in [0.4, 0.5) is 5.69 Å². The summed E-state index contributed by atoms with van der Waals surface area (Å²) in [6.45, 7) is 9.23. The Bertz CT molecular complexity index is 1550. The van der Waals surface area contributed by atoms with E-state index in [0.717, 1.165) is 62.5 Å². The topological polar surface area (TPSA) is 74.2 Å². The lowest BCUT2D eigenvalue weighted by atomic mass is 10.1. The van der Waals surface area contributed by atoms with Crippen molar-refractivity contribution in [1.29, 1.82) is 0 Å². The number of fused-ring (bicyclic) bond motifs is 1. The van der Waals surface area contributed by atoms with E-state index in [1.807, 2.05) is 66.7 Å². The highest BCUT2D eigenvalue weighted by molar-refractivity contribution is 7.21. The lowest BCUT2D eigenvalue weighted by Crippen LogP contribution is -2.48. The quantitative estimate of drug-likeness (QED) is 0.256. The van der Waals surface area contributed by atoms with E-state index in [0.29, 0.717) is 24.0 Å². The van der Waals surface area contributed by atoms with Crippen molar-refractivity contribution >= 4 is 44.6 Å². The summed E-state index contributed by atoms with van der Waals surface area (Å²) in [4.78, 5) is 34.7. The Kier molecular flexibility index (Phi) is 7.47. The molecule has 39 heavy (non-hydrogen) atoms. The van der Waals surface area contributed by atoms with Crippen LogP contribution in [0.5, 0.6) is 0 Å². The van der Waals surface area contributed by atoms with Crippen LogP contribution < -0.4 is 5.32 Å². The number of nitrogens with zero attached hydrogens (tertiary/aromatic N) is 5. The minimum Gasteiger partial charge on any atom is -0.320 e. The summed E-state index contributed by atoms with van der Waals surface area (Å²) >= 11 is 3.13. The summed E-state index contributed by atoms with van der Waals surface area (Å²) in [6, 6.07) is 22.3. The Hall–Kier alpha value is -3.50. The molecular formula is C30H30N6OS2. The Morgan fingerprint density at radius 1 is 0.897 bits per heavy atom. The molecule has 1 saturated heterocycles. The Morgan fingerprint density at radius 3 is 2.44 bits per heavy atom. The first-order valence-electron chi connectivity index (χ1n) is 13.2. The molecule has 0 radical (unpaired) electrons. The van der Waals surface area contributed by atoms with E-state index in [-0.39, 0.29) is 5.91 Å². The molecular weight excluding hydrogens is 525 g/mol. The van der Waals surface area contributed by atoms with Crippen molar-refractivity contribution in [2.45, 2.75) is 26.4 Å². The predicted molar refractivity (Wildman–Crippen MR) is 160 cm³/mol. The zero-order valence-electron chi connectivity index (χ0n) is 22.0. The number of para-hydroxylation sites is 1. The lowest BCUT2D eigenvalue weighted by Gasteiger charge is -2.36. The van der Waals surface area contributed by atoms with Gasteiger partial charge in [0.1, 0.15) is 26.1 Å². The number of rotatable bonds is 7. The molecule has 0 unspecified atom stereocenters. The number of hydrogen-bond acceptors (Lipinski definition) is 8. The molecule has 1 N–H and O–H groups in total. The molecule has 1 aliphatic heterocycles. The number of benzene rings is 2. The van der Waals surface area contributed by atoms with E-state index < -0.39 is 0 Å². The third-order valence-corrected chi connectivity index (χ3v) is 9.11. The minimum absolute atomic E-state index is 0.198. The molecule has 0 aliphatic carbocycles. The van der Waals surface area contributed by atoms with Gasteiger partial charge in [-0.1, -0.05) is 53.8 Å². The second-order valence-corrected chi connectivity index (χ2v) is 12.0. The zero-order valence-corrected chi connectivity index (χ0v) is 23.6. The highest BCUT2D eigenvalue weighted by Gasteiger charge is 2.25. The molecule has 1 amide bonds. The van der Waals surface area contributed by atoms with Crippen molar-refractivity contribution in [1.82, 2.24) is 24.8 Å². The van der Waals surface area contributed by atoms with Crippen LogP contribution in [-0.4, -0.2) is 62.9 Å². The highest BCUT2D eigenvalue weighted by atomic mass is 32.1. The molecule has 1 fully saturated rings. The van der Waals surface area contributed by atoms with Crippen LogP contribution in [0.1, 0.15) is 29.2 Å². The van der Waals surface area contributed by atoms with Crippen LogP contribution in [0.25, 0.3) is 31.5 Å². The summed E-state index contributed by atoms with van der Waals surface area (Å²) in [5.41, 5.74) is 3.96. The third kappa shape index (κ3) is 5.62. The minimum atomic E-state index is -0.198. The summed E-state index contributed by atoms with van der Waals surface area (Å²) in [7, 11) is 0. The maximum Gasteiger partial charge on any atom is 0.275 e. The number of hydrogen-bond donors (Lipinski definition) is 1. The molecule has 0 bridgehead atoms. The zero-order chi connectivity index (χ0) is 26.8. The van der Waals surface area contributed by atoms with Crippen LogP contribution in [-0.2, 0) is 6.54 Å². The second kappa shape index (κ2) is 11.3. The van der Waals surface area contributed by atoms with Gasteiger partial charge in [-0.3, -0.25) is 14.6 Å². The fraction of sp³-hybridized carbons (Fsp3) is 0.267. The second-order valence-electron chi connectivity index (χ2n) is 9.91. The first-order chi connectivity index (χ1) is 19.0. The number of aromatic nitrogens is 3. The molecule has 6 rings (SSSR count). The van der Waals surface area contributed by atoms with Crippen LogP contribution >= 0.6 is 22.7 Å². The van der Waals surface area contributed by atoms with Crippen LogP contribution in [0.3, 0.4) is 0 Å². The van der Waals surface area contributed by atoms with Gasteiger partial charge < -0.3 is 5.32 Å².